The van der Waals surface area contributed by atoms with Crippen LogP contribution in [-0.4, -0.2) is 14.7 Å². The van der Waals surface area contributed by atoms with Crippen LogP contribution in [-0.2, 0) is 52.9 Å². The Balaban J connectivity index is 0.000000194. The third kappa shape index (κ3) is 18.4. The Bertz CT molecular complexity index is 2830. The molecule has 0 aliphatic heterocycles. The Morgan fingerprint density at radius 2 is 0.438 bits per heavy atom. The Hall–Kier alpha value is -4.21. The van der Waals surface area contributed by atoms with E-state index in [1.807, 2.05) is 0 Å². The van der Waals surface area contributed by atoms with E-state index < -0.39 is 56.7 Å². The van der Waals surface area contributed by atoms with Crippen molar-refractivity contribution < 1.29 is 101 Å². The van der Waals surface area contributed by atoms with Crippen LogP contribution >= 0.6 is 21.6 Å². The van der Waals surface area contributed by atoms with Gasteiger partial charge in [-0.3, -0.25) is 0 Å². The molecule has 10 aromatic rings. The molecule has 0 fully saturated rings. The van der Waals surface area contributed by atoms with Gasteiger partial charge in [0.05, 0.1) is 0 Å². The van der Waals surface area contributed by atoms with Crippen molar-refractivity contribution in [1.82, 2.24) is 0 Å². The first-order chi connectivity index (χ1) is 37.3. The van der Waals surface area contributed by atoms with Crippen molar-refractivity contribution in [2.24, 2.45) is 0 Å². The molecule has 0 N–H and O–H groups in total. The fraction of sp³-hybridized carbons (Fsp3) is 0. The first-order valence-electron chi connectivity index (χ1n) is 24.2. The Labute approximate surface area is 513 Å². The monoisotopic (exact) mass is 1590 g/mol. The van der Waals surface area contributed by atoms with Gasteiger partial charge in [-0.05, 0) is 23.8 Å². The molecular formula is C64H58AsAu2Cl2O8P3-4. The second kappa shape index (κ2) is 30.4. The zero-order valence-electron chi connectivity index (χ0n) is 43.1. The van der Waals surface area contributed by atoms with Crippen LogP contribution in [0.3, 0.4) is 0 Å². The number of hydrogen-bond acceptors (Lipinski definition) is 8. The van der Waals surface area contributed by atoms with Crippen molar-refractivity contribution >= 4 is 86.4 Å². The molecule has 10 rings (SSSR count). The van der Waals surface area contributed by atoms with E-state index in [2.05, 4.69) is 209 Å². The van der Waals surface area contributed by atoms with Crippen molar-refractivity contribution in [1.29, 1.82) is 0 Å². The van der Waals surface area contributed by atoms with Crippen LogP contribution in [0.2, 0.25) is 0 Å². The van der Waals surface area contributed by atoms with Gasteiger partial charge >= 0.3 is 358 Å². The third-order valence-electron chi connectivity index (χ3n) is 12.0. The molecule has 0 amide bonds. The van der Waals surface area contributed by atoms with Crippen LogP contribution in [0.25, 0.3) is 0 Å². The molecule has 80 heavy (non-hydrogen) atoms. The van der Waals surface area contributed by atoms with E-state index >= 15 is 0 Å². The number of rotatable bonds is 14. The van der Waals surface area contributed by atoms with Crippen molar-refractivity contribution in [3.8, 4) is 0 Å². The van der Waals surface area contributed by atoms with Crippen molar-refractivity contribution in [3.63, 3.8) is 0 Å². The van der Waals surface area contributed by atoms with Crippen molar-refractivity contribution in [3.05, 3.63) is 330 Å². The molecule has 0 aromatic heterocycles. The summed E-state index contributed by atoms with van der Waals surface area (Å²) in [5.41, 5.74) is 0. The predicted molar refractivity (Wildman–Crippen MR) is 311 cm³/mol. The van der Waals surface area contributed by atoms with Crippen molar-refractivity contribution in [2.45, 2.75) is 0 Å². The summed E-state index contributed by atoms with van der Waals surface area (Å²) in [5, 5.41) is 6.13. The molecule has 16 heteroatoms. The van der Waals surface area contributed by atoms with Crippen LogP contribution in [0.5, 0.6) is 0 Å². The van der Waals surface area contributed by atoms with Crippen LogP contribution in [0, 0.1) is 47.1 Å². The van der Waals surface area contributed by atoms with Crippen LogP contribution in [0.1, 0.15) is 0 Å². The Morgan fingerprint density at radius 3 is 0.613 bits per heavy atom. The molecule has 0 unspecified atom stereocenters. The molecule has 8 nitrogen and oxygen atoms in total. The van der Waals surface area contributed by atoms with Gasteiger partial charge in [0.1, 0.15) is 0 Å². The van der Waals surface area contributed by atoms with Crippen LogP contribution in [0.4, 0.5) is 0 Å². The zero-order chi connectivity index (χ0) is 55.6. The summed E-state index contributed by atoms with van der Waals surface area (Å²) in [5.74, 6) is 0. The molecular weight excluding hydrogens is 1530 g/mol. The van der Waals surface area contributed by atoms with E-state index in [1.54, 1.807) is 121 Å². The molecule has 10 aromatic carbocycles. The maximum atomic E-state index is 11.1. The molecule has 0 heterocycles. The molecule has 0 saturated heterocycles. The second-order valence-corrected chi connectivity index (χ2v) is 34.9. The fourth-order valence-electron chi connectivity index (χ4n) is 8.32. The van der Waals surface area contributed by atoms with Gasteiger partial charge in [-0.25, -0.2) is 0 Å². The van der Waals surface area contributed by atoms with Crippen LogP contribution < -0.4 is 78.1 Å². The third-order valence-corrected chi connectivity index (χ3v) is 29.6. The SMILES string of the molecule is [Au].[Au].[CH2-]P([CH2-])(O[Cl+3]([O-])([O-])[O-])(c1ccccc1)c1ccccc1.[CH2-]P([CH2-])(O[Cl+3]([O-])([O-])[O-])(c1ccccc1)c1ccccc1.c1ccc(P(c2ccccc2)c2ccccc2)cc1.c1ccc([As](c2ccccc2)c2ccccc2)cc1. The van der Waals surface area contributed by atoms with E-state index in [1.165, 1.54) is 29.0 Å². The molecule has 0 bridgehead atoms. The summed E-state index contributed by atoms with van der Waals surface area (Å²) in [6.07, 6.45) is 0. The minimum absolute atomic E-state index is 0. The summed E-state index contributed by atoms with van der Waals surface area (Å²) in [7, 11) is -9.76. The van der Waals surface area contributed by atoms with Gasteiger partial charge < -0.3 is 0 Å². The molecule has 0 saturated carbocycles. The first-order valence-corrected chi connectivity index (χ1v) is 35.9. The summed E-state index contributed by atoms with van der Waals surface area (Å²) < 4.78 is 81.1. The Morgan fingerprint density at radius 1 is 0.275 bits per heavy atom. The van der Waals surface area contributed by atoms with E-state index in [0.717, 1.165) is 0 Å². The average molecular weight is 1590 g/mol. The molecule has 0 aliphatic rings. The predicted octanol–water partition coefficient (Wildman–Crippen LogP) is 4.85. The standard InChI is InChI=1S/C18H15As.C18H15P.2C14H14ClO4P.2Au/c2*1-4-10-16(11-5-1)19(17-12-6-2-7-13-17)18-14-8-3-9-15-18;2*1-20(2,19-15(16,17)18,13-9-5-3-6-10-13)14-11-7-4-8-12-14;;/h2*1-15H;2*3-12H,1-2H2;;/q;;2*-2;;. The van der Waals surface area contributed by atoms with Gasteiger partial charge in [0, 0.05) is 44.8 Å². The van der Waals surface area contributed by atoms with Gasteiger partial charge in [-0.2, -0.15) is 0 Å². The number of hydrogen-bond donors (Lipinski definition) is 0. The summed E-state index contributed by atoms with van der Waals surface area (Å²) in [6.45, 7) is 7.67. The molecule has 0 spiro atoms. The topological polar surface area (TPSA) is 157 Å². The fourth-order valence-corrected chi connectivity index (χ4v) is 24.1. The number of halogens is 2. The van der Waals surface area contributed by atoms with E-state index in [-0.39, 0.29) is 44.8 Å². The summed E-state index contributed by atoms with van der Waals surface area (Å²) in [4.78, 5) is 0. The average Bonchev–Trinajstić information content (AvgIpc) is 3.46. The van der Waals surface area contributed by atoms with Gasteiger partial charge in [0.2, 0.25) is 0 Å². The number of benzene rings is 10. The van der Waals surface area contributed by atoms with Crippen LogP contribution in [0.15, 0.2) is 303 Å². The molecule has 0 atom stereocenters. The van der Waals surface area contributed by atoms with Gasteiger partial charge in [-0.1, -0.05) is 91.0 Å². The van der Waals surface area contributed by atoms with Gasteiger partial charge in [-0.15, -0.1) is 0 Å². The van der Waals surface area contributed by atoms with Gasteiger partial charge in [0.25, 0.3) is 0 Å². The first kappa shape index (κ1) is 66.6. The quantitative estimate of drug-likeness (QED) is 0.0851. The summed E-state index contributed by atoms with van der Waals surface area (Å²) >= 11 is -1.39. The summed E-state index contributed by atoms with van der Waals surface area (Å²) in [6, 6.07) is 99.1. The normalized spacial score (nSPS) is 12.3. The van der Waals surface area contributed by atoms with Crippen molar-refractivity contribution in [2.75, 3.05) is 0 Å². The zero-order valence-corrected chi connectivity index (χ0v) is 53.5. The molecule has 0 aliphatic carbocycles. The second-order valence-electron chi connectivity index (χ2n) is 17.7. The molecule has 422 valence electrons. The maximum absolute atomic E-state index is 11.1. The van der Waals surface area contributed by atoms with E-state index in [0.29, 0.717) is 21.2 Å². The minimum atomic E-state index is -4.66. The van der Waals surface area contributed by atoms with E-state index in [4.69, 9.17) is 8.15 Å². The Kier molecular flexibility index (Phi) is 25.3. The van der Waals surface area contributed by atoms with Gasteiger partial charge in [0.15, 0.2) is 0 Å². The molecule has 2 radical (unpaired) electrons. The van der Waals surface area contributed by atoms with E-state index in [9.17, 15) is 28.0 Å².